The average Bonchev–Trinajstić information content (AvgIpc) is 2.31. The monoisotopic (exact) mass is 268 g/mol. The lowest BCUT2D eigenvalue weighted by molar-refractivity contribution is 0.179. The van der Waals surface area contributed by atoms with E-state index in [-0.39, 0.29) is 0 Å². The van der Waals surface area contributed by atoms with Crippen molar-refractivity contribution >= 4 is 15.9 Å². The molecule has 1 aromatic heterocycles. The van der Waals surface area contributed by atoms with E-state index in [9.17, 15) is 0 Å². The van der Waals surface area contributed by atoms with Crippen molar-refractivity contribution in [3.8, 4) is 0 Å². The van der Waals surface area contributed by atoms with E-state index in [0.717, 1.165) is 17.8 Å². The average molecular weight is 269 g/mol. The second-order valence-electron chi connectivity index (χ2n) is 4.25. The minimum absolute atomic E-state index is 0.834. The van der Waals surface area contributed by atoms with Crippen LogP contribution in [0.1, 0.15) is 18.4 Å². The van der Waals surface area contributed by atoms with Crippen LogP contribution < -0.4 is 0 Å². The fraction of sp³-hybridized carbons (Fsp3) is 0.583. The number of nitrogens with zero attached hydrogens (tertiary/aromatic N) is 2. The van der Waals surface area contributed by atoms with Gasteiger partial charge in [-0.1, -0.05) is 15.9 Å². The van der Waals surface area contributed by atoms with Gasteiger partial charge in [0.1, 0.15) is 0 Å². The Morgan fingerprint density at radius 2 is 2.20 bits per heavy atom. The maximum atomic E-state index is 4.04. The first-order valence-corrected chi connectivity index (χ1v) is 6.68. The second kappa shape index (κ2) is 5.61. The summed E-state index contributed by atoms with van der Waals surface area (Å²) in [4.78, 5) is 6.59. The van der Waals surface area contributed by atoms with Gasteiger partial charge in [0.05, 0.1) is 0 Å². The molecule has 2 nitrogen and oxygen atoms in total. The molecule has 0 radical (unpaired) electrons. The smallest absolute Gasteiger partial charge is 0.0271 e. The van der Waals surface area contributed by atoms with Crippen molar-refractivity contribution in [1.82, 2.24) is 9.88 Å². The Morgan fingerprint density at radius 3 is 2.93 bits per heavy atom. The standard InChI is InChI=1S/C12H17BrN2/c13-8-12-2-1-7-15(10-12)9-11-3-5-14-6-4-11/h3-6,12H,1-2,7-10H2. The van der Waals surface area contributed by atoms with E-state index in [1.807, 2.05) is 12.4 Å². The highest BCUT2D eigenvalue weighted by Gasteiger charge is 2.18. The van der Waals surface area contributed by atoms with E-state index in [4.69, 9.17) is 0 Å². The van der Waals surface area contributed by atoms with Crippen LogP contribution in [0.25, 0.3) is 0 Å². The highest BCUT2D eigenvalue weighted by molar-refractivity contribution is 9.09. The number of hydrogen-bond acceptors (Lipinski definition) is 2. The zero-order chi connectivity index (χ0) is 10.5. The number of alkyl halides is 1. The summed E-state index contributed by atoms with van der Waals surface area (Å²) >= 11 is 3.59. The molecule has 0 aliphatic carbocycles. The molecule has 1 atom stereocenters. The van der Waals surface area contributed by atoms with Crippen LogP contribution in [0.3, 0.4) is 0 Å². The van der Waals surface area contributed by atoms with Gasteiger partial charge in [0.2, 0.25) is 0 Å². The third-order valence-corrected chi connectivity index (χ3v) is 3.89. The number of aromatic nitrogens is 1. The summed E-state index contributed by atoms with van der Waals surface area (Å²) in [5.74, 6) is 0.834. The van der Waals surface area contributed by atoms with Crippen molar-refractivity contribution in [2.24, 2.45) is 5.92 Å². The summed E-state index contributed by atoms with van der Waals surface area (Å²) in [6.45, 7) is 3.55. The van der Waals surface area contributed by atoms with Gasteiger partial charge in [0.15, 0.2) is 0 Å². The van der Waals surface area contributed by atoms with Crippen molar-refractivity contribution in [2.75, 3.05) is 18.4 Å². The number of pyridine rings is 1. The number of rotatable bonds is 3. The molecule has 0 amide bonds. The Morgan fingerprint density at radius 1 is 1.40 bits per heavy atom. The summed E-state index contributed by atoms with van der Waals surface area (Å²) in [7, 11) is 0. The second-order valence-corrected chi connectivity index (χ2v) is 4.90. The molecule has 1 saturated heterocycles. The summed E-state index contributed by atoms with van der Waals surface area (Å²) in [6, 6.07) is 4.22. The van der Waals surface area contributed by atoms with Gasteiger partial charge in [0, 0.05) is 30.8 Å². The zero-order valence-corrected chi connectivity index (χ0v) is 10.5. The molecule has 2 heterocycles. The van der Waals surface area contributed by atoms with Gasteiger partial charge in [-0.2, -0.15) is 0 Å². The van der Waals surface area contributed by atoms with Gasteiger partial charge in [-0.3, -0.25) is 9.88 Å². The Hall–Kier alpha value is -0.410. The van der Waals surface area contributed by atoms with Gasteiger partial charge >= 0.3 is 0 Å². The van der Waals surface area contributed by atoms with Crippen molar-refractivity contribution < 1.29 is 0 Å². The van der Waals surface area contributed by atoms with Crippen LogP contribution in [0.2, 0.25) is 0 Å². The van der Waals surface area contributed by atoms with Crippen LogP contribution in [0, 0.1) is 5.92 Å². The molecular weight excluding hydrogens is 252 g/mol. The molecule has 2 rings (SSSR count). The van der Waals surface area contributed by atoms with E-state index >= 15 is 0 Å². The predicted octanol–water partition coefficient (Wildman–Crippen LogP) is 2.69. The topological polar surface area (TPSA) is 16.1 Å². The van der Waals surface area contributed by atoms with Crippen molar-refractivity contribution in [1.29, 1.82) is 0 Å². The Kier molecular flexibility index (Phi) is 4.15. The summed E-state index contributed by atoms with van der Waals surface area (Å²) in [5.41, 5.74) is 1.38. The molecule has 0 aromatic carbocycles. The van der Waals surface area contributed by atoms with Crippen LogP contribution in [0.15, 0.2) is 24.5 Å². The minimum Gasteiger partial charge on any atom is -0.299 e. The molecule has 3 heteroatoms. The van der Waals surface area contributed by atoms with Crippen molar-refractivity contribution in [3.63, 3.8) is 0 Å². The molecular formula is C12H17BrN2. The lowest BCUT2D eigenvalue weighted by atomic mass is 10.00. The molecule has 1 aliphatic rings. The first-order valence-electron chi connectivity index (χ1n) is 5.55. The number of halogens is 1. The minimum atomic E-state index is 0.834. The van der Waals surface area contributed by atoms with Gasteiger partial charge in [-0.05, 0) is 43.0 Å². The van der Waals surface area contributed by atoms with Crippen molar-refractivity contribution in [3.05, 3.63) is 30.1 Å². The van der Waals surface area contributed by atoms with E-state index in [0.29, 0.717) is 0 Å². The molecule has 1 aromatic rings. The summed E-state index contributed by atoms with van der Waals surface area (Å²) in [6.07, 6.45) is 6.46. The molecule has 0 spiro atoms. The van der Waals surface area contributed by atoms with E-state index in [1.165, 1.54) is 31.5 Å². The first kappa shape index (κ1) is 11.1. The zero-order valence-electron chi connectivity index (χ0n) is 8.90. The molecule has 0 N–H and O–H groups in total. The predicted molar refractivity (Wildman–Crippen MR) is 66.0 cm³/mol. The molecule has 1 unspecified atom stereocenters. The summed E-state index contributed by atoms with van der Waals surface area (Å²) < 4.78 is 0. The highest BCUT2D eigenvalue weighted by atomic mass is 79.9. The maximum absolute atomic E-state index is 4.04. The fourth-order valence-corrected chi connectivity index (χ4v) is 2.70. The van der Waals surface area contributed by atoms with Gasteiger partial charge < -0.3 is 0 Å². The molecule has 1 fully saturated rings. The SMILES string of the molecule is BrCC1CCCN(Cc2ccncc2)C1. The lowest BCUT2D eigenvalue weighted by Gasteiger charge is -2.31. The molecule has 15 heavy (non-hydrogen) atoms. The van der Waals surface area contributed by atoms with Crippen LogP contribution in [-0.4, -0.2) is 28.3 Å². The molecule has 0 bridgehead atoms. The maximum Gasteiger partial charge on any atom is 0.0271 e. The Bertz CT molecular complexity index is 289. The largest absolute Gasteiger partial charge is 0.299 e. The third kappa shape index (κ3) is 3.28. The Labute approximate surface area is 99.8 Å². The van der Waals surface area contributed by atoms with Gasteiger partial charge in [-0.15, -0.1) is 0 Å². The summed E-state index contributed by atoms with van der Waals surface area (Å²) in [5, 5.41) is 1.14. The van der Waals surface area contributed by atoms with E-state index in [2.05, 4.69) is 37.9 Å². The Balaban J connectivity index is 1.89. The lowest BCUT2D eigenvalue weighted by Crippen LogP contribution is -2.35. The first-order chi connectivity index (χ1) is 7.38. The number of hydrogen-bond donors (Lipinski definition) is 0. The van der Waals surface area contributed by atoms with Crippen molar-refractivity contribution in [2.45, 2.75) is 19.4 Å². The molecule has 82 valence electrons. The van der Waals surface area contributed by atoms with Gasteiger partial charge in [0.25, 0.3) is 0 Å². The fourth-order valence-electron chi connectivity index (χ4n) is 2.17. The quantitative estimate of drug-likeness (QED) is 0.784. The van der Waals surface area contributed by atoms with Gasteiger partial charge in [-0.25, -0.2) is 0 Å². The molecule has 0 saturated carbocycles. The third-order valence-electron chi connectivity index (χ3n) is 2.98. The number of piperidine rings is 1. The van der Waals surface area contributed by atoms with E-state index < -0.39 is 0 Å². The van der Waals surface area contributed by atoms with Crippen LogP contribution >= 0.6 is 15.9 Å². The highest BCUT2D eigenvalue weighted by Crippen LogP contribution is 2.19. The molecule has 1 aliphatic heterocycles. The van der Waals surface area contributed by atoms with E-state index in [1.54, 1.807) is 0 Å². The normalized spacial score (nSPS) is 22.9. The van der Waals surface area contributed by atoms with Crippen LogP contribution in [0.4, 0.5) is 0 Å². The van der Waals surface area contributed by atoms with Crippen LogP contribution in [-0.2, 0) is 6.54 Å². The number of likely N-dealkylation sites (tertiary alicyclic amines) is 1. The van der Waals surface area contributed by atoms with Crippen LogP contribution in [0.5, 0.6) is 0 Å².